The molecule has 1 atom stereocenters. The fraction of sp³-hybridized carbons (Fsp3) is 0.0909. The summed E-state index contributed by atoms with van der Waals surface area (Å²) in [6.45, 7) is 0. The normalized spacial score (nSPS) is 15.8. The van der Waals surface area contributed by atoms with Crippen molar-refractivity contribution in [2.75, 3.05) is 4.90 Å². The Morgan fingerprint density at radius 3 is 2.27 bits per heavy atom. The van der Waals surface area contributed by atoms with Gasteiger partial charge in [-0.2, -0.15) is 0 Å². The molecule has 1 amide bonds. The van der Waals surface area contributed by atoms with Gasteiger partial charge in [0.2, 0.25) is 0 Å². The molecule has 3 nitrogen and oxygen atoms in total. The Bertz CT molecular complexity index is 967. The largest absolute Gasteiger partial charge is 0.300 e. The fourth-order valence-electron chi connectivity index (χ4n) is 3.41. The highest BCUT2D eigenvalue weighted by molar-refractivity contribution is 6.12. The van der Waals surface area contributed by atoms with Crippen LogP contribution in [0.3, 0.4) is 0 Å². The maximum absolute atomic E-state index is 13.3. The molecule has 0 saturated carbocycles. The van der Waals surface area contributed by atoms with Gasteiger partial charge in [0.1, 0.15) is 5.82 Å². The number of rotatable bonds is 4. The van der Waals surface area contributed by atoms with Crippen LogP contribution >= 0.6 is 0 Å². The average Bonchev–Trinajstić information content (AvgIpc) is 2.95. The Kier molecular flexibility index (Phi) is 4.09. The summed E-state index contributed by atoms with van der Waals surface area (Å²) in [5.41, 5.74) is 2.61. The van der Waals surface area contributed by atoms with E-state index in [-0.39, 0.29) is 23.9 Å². The van der Waals surface area contributed by atoms with E-state index < -0.39 is 6.04 Å². The molecule has 0 saturated heterocycles. The van der Waals surface area contributed by atoms with E-state index in [2.05, 4.69) is 0 Å². The number of benzene rings is 3. The van der Waals surface area contributed by atoms with Crippen LogP contribution in [0.1, 0.15) is 38.7 Å². The van der Waals surface area contributed by atoms with E-state index in [1.807, 2.05) is 30.3 Å². The van der Waals surface area contributed by atoms with Gasteiger partial charge in [-0.05, 0) is 35.9 Å². The second kappa shape index (κ2) is 6.56. The van der Waals surface area contributed by atoms with Gasteiger partial charge in [0.25, 0.3) is 5.91 Å². The van der Waals surface area contributed by atoms with E-state index in [1.54, 1.807) is 41.3 Å². The van der Waals surface area contributed by atoms with E-state index in [1.165, 1.54) is 12.1 Å². The zero-order valence-electron chi connectivity index (χ0n) is 13.9. The standard InChI is InChI=1S/C22H16FNO2/c23-16-10-12-17(13-11-16)24-20(14-21(25)15-6-2-1-3-7-15)18-8-4-5-9-19(18)22(24)26/h1-13,20H,14H2. The SMILES string of the molecule is O=C(CC1c2ccccc2C(=O)N1c1ccc(F)cc1)c1ccccc1. The molecule has 4 heteroatoms. The predicted molar refractivity (Wildman–Crippen MR) is 97.8 cm³/mol. The first-order valence-corrected chi connectivity index (χ1v) is 8.41. The van der Waals surface area contributed by atoms with Crippen molar-refractivity contribution in [3.8, 4) is 0 Å². The Labute approximate surface area is 150 Å². The molecule has 1 aliphatic rings. The van der Waals surface area contributed by atoms with Crippen molar-refractivity contribution in [1.29, 1.82) is 0 Å². The van der Waals surface area contributed by atoms with Crippen LogP contribution in [0.5, 0.6) is 0 Å². The van der Waals surface area contributed by atoms with E-state index in [0.717, 1.165) is 5.56 Å². The van der Waals surface area contributed by atoms with E-state index in [4.69, 9.17) is 0 Å². The summed E-state index contributed by atoms with van der Waals surface area (Å²) in [5.74, 6) is -0.569. The molecular formula is C22H16FNO2. The molecular weight excluding hydrogens is 329 g/mol. The van der Waals surface area contributed by atoms with Gasteiger partial charge in [-0.15, -0.1) is 0 Å². The summed E-state index contributed by atoms with van der Waals surface area (Å²) in [4.78, 5) is 27.3. The lowest BCUT2D eigenvalue weighted by atomic mass is 9.97. The van der Waals surface area contributed by atoms with E-state index in [0.29, 0.717) is 16.8 Å². The molecule has 128 valence electrons. The molecule has 1 aliphatic heterocycles. The highest BCUT2D eigenvalue weighted by Crippen LogP contribution is 2.40. The third-order valence-electron chi connectivity index (χ3n) is 4.66. The molecule has 26 heavy (non-hydrogen) atoms. The summed E-state index contributed by atoms with van der Waals surface area (Å²) in [5, 5.41) is 0. The highest BCUT2D eigenvalue weighted by Gasteiger charge is 2.38. The highest BCUT2D eigenvalue weighted by atomic mass is 19.1. The number of hydrogen-bond acceptors (Lipinski definition) is 2. The number of carbonyl (C=O) groups excluding carboxylic acids is 2. The lowest BCUT2D eigenvalue weighted by molar-refractivity contribution is 0.0960. The summed E-state index contributed by atoms with van der Waals surface area (Å²) in [6, 6.07) is 21.7. The molecule has 0 bridgehead atoms. The number of Topliss-reactive ketones (excluding diaryl/α,β-unsaturated/α-hetero) is 1. The third-order valence-corrected chi connectivity index (χ3v) is 4.66. The minimum absolute atomic E-state index is 0.0350. The third kappa shape index (κ3) is 2.80. The summed E-state index contributed by atoms with van der Waals surface area (Å²) in [7, 11) is 0. The molecule has 0 N–H and O–H groups in total. The molecule has 0 aliphatic carbocycles. The topological polar surface area (TPSA) is 37.4 Å². The van der Waals surface area contributed by atoms with Crippen LogP contribution in [0, 0.1) is 5.82 Å². The smallest absolute Gasteiger partial charge is 0.259 e. The number of hydrogen-bond donors (Lipinski definition) is 0. The van der Waals surface area contributed by atoms with Gasteiger partial charge in [-0.1, -0.05) is 48.5 Å². The minimum Gasteiger partial charge on any atom is -0.300 e. The number of nitrogens with zero attached hydrogens (tertiary/aromatic N) is 1. The molecule has 0 aromatic heterocycles. The van der Waals surface area contributed by atoms with Crippen LogP contribution in [-0.2, 0) is 0 Å². The first-order valence-electron chi connectivity index (χ1n) is 8.41. The van der Waals surface area contributed by atoms with Gasteiger partial charge >= 0.3 is 0 Å². The summed E-state index contributed by atoms with van der Waals surface area (Å²) >= 11 is 0. The maximum Gasteiger partial charge on any atom is 0.259 e. The zero-order chi connectivity index (χ0) is 18.1. The lowest BCUT2D eigenvalue weighted by Gasteiger charge is -2.25. The Morgan fingerprint density at radius 2 is 1.54 bits per heavy atom. The van der Waals surface area contributed by atoms with Crippen molar-refractivity contribution in [3.63, 3.8) is 0 Å². The lowest BCUT2D eigenvalue weighted by Crippen LogP contribution is -2.29. The van der Waals surface area contributed by atoms with Crippen molar-refractivity contribution in [2.24, 2.45) is 0 Å². The number of amides is 1. The molecule has 3 aromatic carbocycles. The number of halogens is 1. The van der Waals surface area contributed by atoms with Gasteiger partial charge in [0, 0.05) is 23.2 Å². The van der Waals surface area contributed by atoms with Crippen LogP contribution in [0.2, 0.25) is 0 Å². The molecule has 1 heterocycles. The molecule has 3 aromatic rings. The predicted octanol–water partition coefficient (Wildman–Crippen LogP) is 4.80. The zero-order valence-corrected chi connectivity index (χ0v) is 13.9. The summed E-state index contributed by atoms with van der Waals surface area (Å²) < 4.78 is 13.3. The van der Waals surface area contributed by atoms with Gasteiger partial charge in [-0.3, -0.25) is 9.59 Å². The number of carbonyl (C=O) groups is 2. The van der Waals surface area contributed by atoms with E-state index >= 15 is 0 Å². The second-order valence-corrected chi connectivity index (χ2v) is 6.25. The molecule has 1 unspecified atom stereocenters. The fourth-order valence-corrected chi connectivity index (χ4v) is 3.41. The maximum atomic E-state index is 13.3. The van der Waals surface area contributed by atoms with Crippen LogP contribution in [0.15, 0.2) is 78.9 Å². The first kappa shape index (κ1) is 16.2. The van der Waals surface area contributed by atoms with Crippen LogP contribution in [0.4, 0.5) is 10.1 Å². The number of ketones is 1. The average molecular weight is 345 g/mol. The van der Waals surface area contributed by atoms with Crippen LogP contribution in [-0.4, -0.2) is 11.7 Å². The van der Waals surface area contributed by atoms with Crippen LogP contribution < -0.4 is 4.90 Å². The van der Waals surface area contributed by atoms with Crippen molar-refractivity contribution in [3.05, 3.63) is 101 Å². The quantitative estimate of drug-likeness (QED) is 0.637. The van der Waals surface area contributed by atoms with Crippen molar-refractivity contribution < 1.29 is 14.0 Å². The first-order chi connectivity index (χ1) is 12.6. The Morgan fingerprint density at radius 1 is 0.885 bits per heavy atom. The molecule has 0 spiro atoms. The van der Waals surface area contributed by atoms with Crippen LogP contribution in [0.25, 0.3) is 0 Å². The number of fused-ring (bicyclic) bond motifs is 1. The van der Waals surface area contributed by atoms with E-state index in [9.17, 15) is 14.0 Å². The minimum atomic E-state index is -0.406. The van der Waals surface area contributed by atoms with Crippen molar-refractivity contribution in [1.82, 2.24) is 0 Å². The Balaban J connectivity index is 1.74. The van der Waals surface area contributed by atoms with Gasteiger partial charge in [0.05, 0.1) is 6.04 Å². The Hall–Kier alpha value is -3.27. The summed E-state index contributed by atoms with van der Waals surface area (Å²) in [6.07, 6.45) is 0.171. The second-order valence-electron chi connectivity index (χ2n) is 6.25. The van der Waals surface area contributed by atoms with Crippen molar-refractivity contribution >= 4 is 17.4 Å². The van der Waals surface area contributed by atoms with Gasteiger partial charge < -0.3 is 4.90 Å². The molecule has 4 rings (SSSR count). The molecule has 0 radical (unpaired) electrons. The van der Waals surface area contributed by atoms with Crippen molar-refractivity contribution in [2.45, 2.75) is 12.5 Å². The molecule has 0 fully saturated rings. The van der Waals surface area contributed by atoms with Gasteiger partial charge in [-0.25, -0.2) is 4.39 Å². The monoisotopic (exact) mass is 345 g/mol. The van der Waals surface area contributed by atoms with Gasteiger partial charge in [0.15, 0.2) is 5.78 Å². The number of anilines is 1.